The molecule has 2 aromatic rings. The van der Waals surface area contributed by atoms with Crippen molar-refractivity contribution in [3.8, 4) is 11.5 Å². The first-order valence-electron chi connectivity index (χ1n) is 6.36. The van der Waals surface area contributed by atoms with Crippen molar-refractivity contribution < 1.29 is 9.47 Å². The SMILES string of the molecule is CCNCc1ccc(OCc2cccs2)c(OC)c1.Cl. The molecule has 0 saturated carbocycles. The van der Waals surface area contributed by atoms with Crippen LogP contribution < -0.4 is 14.8 Å². The molecule has 1 N–H and O–H groups in total. The van der Waals surface area contributed by atoms with Gasteiger partial charge in [0.05, 0.1) is 7.11 Å². The number of thiophene rings is 1. The minimum Gasteiger partial charge on any atom is -0.493 e. The van der Waals surface area contributed by atoms with Gasteiger partial charge in [-0.1, -0.05) is 19.1 Å². The minimum atomic E-state index is 0. The molecular weight excluding hydrogens is 294 g/mol. The zero-order valence-electron chi connectivity index (χ0n) is 11.7. The number of hydrogen-bond donors (Lipinski definition) is 1. The van der Waals surface area contributed by atoms with Gasteiger partial charge in [0.1, 0.15) is 6.61 Å². The standard InChI is InChI=1S/C15H19NO2S.ClH/c1-3-16-10-12-6-7-14(15(9-12)17-2)18-11-13-5-4-8-19-13;/h4-9,16H,3,10-11H2,1-2H3;1H. The molecule has 0 aliphatic carbocycles. The van der Waals surface area contributed by atoms with Crippen LogP contribution in [0.1, 0.15) is 17.4 Å². The summed E-state index contributed by atoms with van der Waals surface area (Å²) < 4.78 is 11.2. The van der Waals surface area contributed by atoms with E-state index < -0.39 is 0 Å². The van der Waals surface area contributed by atoms with Crippen molar-refractivity contribution in [2.75, 3.05) is 13.7 Å². The molecule has 0 atom stereocenters. The van der Waals surface area contributed by atoms with Gasteiger partial charge in [-0.25, -0.2) is 0 Å². The molecule has 0 unspecified atom stereocenters. The highest BCUT2D eigenvalue weighted by atomic mass is 35.5. The first-order valence-corrected chi connectivity index (χ1v) is 7.24. The monoisotopic (exact) mass is 313 g/mol. The summed E-state index contributed by atoms with van der Waals surface area (Å²) in [4.78, 5) is 1.21. The summed E-state index contributed by atoms with van der Waals surface area (Å²) in [5, 5.41) is 5.35. The van der Waals surface area contributed by atoms with Crippen molar-refractivity contribution in [2.24, 2.45) is 0 Å². The molecule has 0 aliphatic heterocycles. The van der Waals surface area contributed by atoms with E-state index in [1.807, 2.05) is 18.2 Å². The van der Waals surface area contributed by atoms with Crippen LogP contribution in [-0.4, -0.2) is 13.7 Å². The van der Waals surface area contributed by atoms with E-state index in [1.54, 1.807) is 18.4 Å². The van der Waals surface area contributed by atoms with E-state index in [-0.39, 0.29) is 12.4 Å². The quantitative estimate of drug-likeness (QED) is 0.842. The number of ether oxygens (including phenoxy) is 2. The average Bonchev–Trinajstić information content (AvgIpc) is 2.96. The Labute approximate surface area is 130 Å². The highest BCUT2D eigenvalue weighted by molar-refractivity contribution is 7.09. The molecule has 0 fully saturated rings. The Balaban J connectivity index is 0.00000200. The van der Waals surface area contributed by atoms with Crippen LogP contribution in [0.5, 0.6) is 11.5 Å². The van der Waals surface area contributed by atoms with Gasteiger partial charge in [-0.15, -0.1) is 23.7 Å². The van der Waals surface area contributed by atoms with Crippen LogP contribution >= 0.6 is 23.7 Å². The summed E-state index contributed by atoms with van der Waals surface area (Å²) >= 11 is 1.69. The molecule has 1 aromatic heterocycles. The molecule has 0 saturated heterocycles. The maximum absolute atomic E-state index is 5.80. The van der Waals surface area contributed by atoms with Crippen LogP contribution in [0.3, 0.4) is 0 Å². The fraction of sp³-hybridized carbons (Fsp3) is 0.333. The number of hydrogen-bond acceptors (Lipinski definition) is 4. The third-order valence-electron chi connectivity index (χ3n) is 2.76. The summed E-state index contributed by atoms with van der Waals surface area (Å²) in [5.74, 6) is 1.57. The lowest BCUT2D eigenvalue weighted by molar-refractivity contribution is 0.287. The summed E-state index contributed by atoms with van der Waals surface area (Å²) in [6.45, 7) is 4.48. The summed E-state index contributed by atoms with van der Waals surface area (Å²) in [7, 11) is 1.67. The number of rotatable bonds is 7. The predicted octanol–water partition coefficient (Wildman–Crippen LogP) is 3.87. The van der Waals surface area contributed by atoms with Crippen molar-refractivity contribution in [1.82, 2.24) is 5.32 Å². The van der Waals surface area contributed by atoms with Crippen LogP contribution in [-0.2, 0) is 13.2 Å². The Morgan fingerprint density at radius 1 is 1.20 bits per heavy atom. The van der Waals surface area contributed by atoms with Gasteiger partial charge in [0.2, 0.25) is 0 Å². The molecule has 20 heavy (non-hydrogen) atoms. The van der Waals surface area contributed by atoms with E-state index in [2.05, 4.69) is 29.8 Å². The van der Waals surface area contributed by atoms with Crippen LogP contribution in [0.25, 0.3) is 0 Å². The largest absolute Gasteiger partial charge is 0.493 e. The fourth-order valence-corrected chi connectivity index (χ4v) is 2.37. The molecule has 110 valence electrons. The number of halogens is 1. The van der Waals surface area contributed by atoms with E-state index in [1.165, 1.54) is 10.4 Å². The molecule has 0 aliphatic rings. The highest BCUT2D eigenvalue weighted by Crippen LogP contribution is 2.29. The van der Waals surface area contributed by atoms with Crippen LogP contribution in [0.2, 0.25) is 0 Å². The summed E-state index contributed by atoms with van der Waals surface area (Å²) in [6.07, 6.45) is 0. The van der Waals surface area contributed by atoms with E-state index in [4.69, 9.17) is 9.47 Å². The highest BCUT2D eigenvalue weighted by Gasteiger charge is 2.06. The Bertz CT molecular complexity index is 503. The van der Waals surface area contributed by atoms with Gasteiger partial charge in [0.25, 0.3) is 0 Å². The van der Waals surface area contributed by atoms with Crippen LogP contribution in [0.4, 0.5) is 0 Å². The van der Waals surface area contributed by atoms with Crippen molar-refractivity contribution in [1.29, 1.82) is 0 Å². The maximum Gasteiger partial charge on any atom is 0.161 e. The van der Waals surface area contributed by atoms with Gasteiger partial charge in [0.15, 0.2) is 11.5 Å². The second kappa shape index (κ2) is 8.84. The number of methoxy groups -OCH3 is 1. The molecule has 5 heteroatoms. The van der Waals surface area contributed by atoms with Crippen molar-refractivity contribution >= 4 is 23.7 Å². The molecule has 0 radical (unpaired) electrons. The molecule has 1 aromatic carbocycles. The van der Waals surface area contributed by atoms with Crippen molar-refractivity contribution in [3.63, 3.8) is 0 Å². The molecule has 2 rings (SSSR count). The molecular formula is C15H20ClNO2S. The van der Waals surface area contributed by atoms with E-state index in [0.717, 1.165) is 24.6 Å². The Morgan fingerprint density at radius 2 is 2.05 bits per heavy atom. The second-order valence-corrected chi connectivity index (χ2v) is 5.17. The van der Waals surface area contributed by atoms with Gasteiger partial charge in [-0.3, -0.25) is 0 Å². The summed E-state index contributed by atoms with van der Waals surface area (Å²) in [5.41, 5.74) is 1.20. The smallest absolute Gasteiger partial charge is 0.161 e. The van der Waals surface area contributed by atoms with Gasteiger partial charge >= 0.3 is 0 Å². The molecule has 0 bridgehead atoms. The Morgan fingerprint density at radius 3 is 2.70 bits per heavy atom. The lowest BCUT2D eigenvalue weighted by Gasteiger charge is -2.12. The maximum atomic E-state index is 5.80. The van der Waals surface area contributed by atoms with Crippen molar-refractivity contribution in [3.05, 3.63) is 46.2 Å². The number of nitrogens with one attached hydrogen (secondary N) is 1. The molecule has 0 amide bonds. The fourth-order valence-electron chi connectivity index (χ4n) is 1.75. The molecule has 3 nitrogen and oxygen atoms in total. The Kier molecular flexibility index (Phi) is 7.44. The van der Waals surface area contributed by atoms with Gasteiger partial charge in [-0.2, -0.15) is 0 Å². The first kappa shape index (κ1) is 16.8. The zero-order chi connectivity index (χ0) is 13.5. The Hall–Kier alpha value is -1.23. The number of benzene rings is 1. The van der Waals surface area contributed by atoms with E-state index in [0.29, 0.717) is 6.61 Å². The van der Waals surface area contributed by atoms with Gasteiger partial charge in [-0.05, 0) is 35.7 Å². The molecule has 0 spiro atoms. The summed E-state index contributed by atoms with van der Waals surface area (Å²) in [6, 6.07) is 10.2. The normalized spacial score (nSPS) is 9.90. The lowest BCUT2D eigenvalue weighted by atomic mass is 10.2. The third kappa shape index (κ3) is 4.71. The predicted molar refractivity (Wildman–Crippen MR) is 86.3 cm³/mol. The van der Waals surface area contributed by atoms with Gasteiger partial charge in [0, 0.05) is 11.4 Å². The first-order chi connectivity index (χ1) is 9.33. The average molecular weight is 314 g/mol. The van der Waals surface area contributed by atoms with Crippen LogP contribution in [0.15, 0.2) is 35.7 Å². The van der Waals surface area contributed by atoms with Crippen LogP contribution in [0, 0.1) is 0 Å². The van der Waals surface area contributed by atoms with E-state index >= 15 is 0 Å². The lowest BCUT2D eigenvalue weighted by Crippen LogP contribution is -2.11. The van der Waals surface area contributed by atoms with Gasteiger partial charge < -0.3 is 14.8 Å². The topological polar surface area (TPSA) is 30.5 Å². The third-order valence-corrected chi connectivity index (χ3v) is 3.61. The zero-order valence-corrected chi connectivity index (χ0v) is 13.4. The second-order valence-electron chi connectivity index (χ2n) is 4.13. The van der Waals surface area contributed by atoms with E-state index in [9.17, 15) is 0 Å². The van der Waals surface area contributed by atoms with Crippen molar-refractivity contribution in [2.45, 2.75) is 20.1 Å². The molecule has 1 heterocycles. The minimum absolute atomic E-state index is 0.